The molecule has 2 aliphatic heterocycles. The fraction of sp³-hybridized carbons (Fsp3) is 0.400. The van der Waals surface area contributed by atoms with Crippen molar-refractivity contribution in [3.8, 4) is 23.0 Å². The van der Waals surface area contributed by atoms with Gasteiger partial charge in [0.1, 0.15) is 23.0 Å². The second-order valence-corrected chi connectivity index (χ2v) is 8.63. The van der Waals surface area contributed by atoms with Crippen LogP contribution in [-0.2, 0) is 6.54 Å². The van der Waals surface area contributed by atoms with Crippen LogP contribution < -0.4 is 14.2 Å². The quantitative estimate of drug-likeness (QED) is 0.714. The summed E-state index contributed by atoms with van der Waals surface area (Å²) in [6, 6.07) is 8.60. The molecule has 2 aromatic carbocycles. The van der Waals surface area contributed by atoms with Crippen molar-refractivity contribution < 1.29 is 24.1 Å². The monoisotopic (exact) mass is 423 g/mol. The average molecular weight is 424 g/mol. The van der Waals surface area contributed by atoms with Gasteiger partial charge in [-0.1, -0.05) is 13.8 Å². The molecule has 0 bridgehead atoms. The molecular weight excluding hydrogens is 394 g/mol. The van der Waals surface area contributed by atoms with Crippen molar-refractivity contribution in [1.29, 1.82) is 0 Å². The minimum atomic E-state index is -0.200. The van der Waals surface area contributed by atoms with E-state index in [1.165, 1.54) is 6.42 Å². The van der Waals surface area contributed by atoms with E-state index in [1.54, 1.807) is 44.6 Å². The number of carbonyl (C=O) groups is 1. The minimum absolute atomic E-state index is 0.153. The number of benzene rings is 2. The van der Waals surface area contributed by atoms with Crippen molar-refractivity contribution in [1.82, 2.24) is 4.90 Å². The molecule has 0 aromatic heterocycles. The topological polar surface area (TPSA) is 68.2 Å². The van der Waals surface area contributed by atoms with Crippen molar-refractivity contribution in [2.75, 3.05) is 27.3 Å². The van der Waals surface area contributed by atoms with Gasteiger partial charge in [0, 0.05) is 31.3 Å². The van der Waals surface area contributed by atoms with Gasteiger partial charge in [0.2, 0.25) is 5.78 Å². The lowest BCUT2D eigenvalue weighted by Gasteiger charge is -2.35. The second-order valence-electron chi connectivity index (χ2n) is 8.63. The molecule has 6 nitrogen and oxygen atoms in total. The van der Waals surface area contributed by atoms with Crippen LogP contribution in [0.4, 0.5) is 0 Å². The molecule has 6 heteroatoms. The molecule has 31 heavy (non-hydrogen) atoms. The molecule has 2 aromatic rings. The number of aromatic hydroxyl groups is 1. The molecule has 4 rings (SSSR count). The molecule has 0 unspecified atom stereocenters. The number of hydrogen-bond acceptors (Lipinski definition) is 6. The molecule has 1 N–H and O–H groups in total. The van der Waals surface area contributed by atoms with Crippen LogP contribution in [0.3, 0.4) is 0 Å². The number of Topliss-reactive ketones (excluding diaryl/α,β-unsaturated/α-hetero) is 1. The fourth-order valence-electron chi connectivity index (χ4n) is 4.67. The van der Waals surface area contributed by atoms with Gasteiger partial charge in [0.15, 0.2) is 5.76 Å². The van der Waals surface area contributed by atoms with Gasteiger partial charge in [-0.05, 0) is 48.6 Å². The van der Waals surface area contributed by atoms with Crippen molar-refractivity contribution >= 4 is 11.9 Å². The Kier molecular flexibility index (Phi) is 5.92. The summed E-state index contributed by atoms with van der Waals surface area (Å²) in [5.41, 5.74) is 1.85. The Morgan fingerprint density at radius 2 is 1.87 bits per heavy atom. The predicted octanol–water partition coefficient (Wildman–Crippen LogP) is 4.50. The zero-order chi connectivity index (χ0) is 22.1. The zero-order valence-corrected chi connectivity index (χ0v) is 18.5. The number of phenolic OH excluding ortho intramolecular Hbond substituents is 1. The van der Waals surface area contributed by atoms with Crippen LogP contribution in [0.1, 0.15) is 41.8 Å². The van der Waals surface area contributed by atoms with Crippen molar-refractivity contribution in [3.05, 3.63) is 52.8 Å². The highest BCUT2D eigenvalue weighted by Crippen LogP contribution is 2.41. The molecule has 0 radical (unpaired) electrons. The summed E-state index contributed by atoms with van der Waals surface area (Å²) in [4.78, 5) is 15.4. The van der Waals surface area contributed by atoms with E-state index < -0.39 is 0 Å². The number of likely N-dealkylation sites (tertiary alicyclic amines) is 1. The molecule has 1 fully saturated rings. The Hall–Kier alpha value is -2.99. The van der Waals surface area contributed by atoms with Gasteiger partial charge in [0.25, 0.3) is 0 Å². The Labute approximate surface area is 183 Å². The molecule has 0 aliphatic carbocycles. The van der Waals surface area contributed by atoms with Crippen molar-refractivity contribution in [3.63, 3.8) is 0 Å². The normalized spacial score (nSPS) is 22.3. The smallest absolute Gasteiger partial charge is 0.231 e. The molecule has 2 atom stereocenters. The number of fused-ring (bicyclic) bond motifs is 1. The SMILES string of the molecule is COc1ccc(C=C2Oc3c(ccc(O)c3CN3C[C@H](C)C[C@H](C)C3)C2=O)c(OC)c1. The highest BCUT2D eigenvalue weighted by molar-refractivity contribution is 6.15. The number of ether oxygens (including phenoxy) is 3. The van der Waals surface area contributed by atoms with E-state index >= 15 is 0 Å². The molecule has 0 spiro atoms. The predicted molar refractivity (Wildman–Crippen MR) is 119 cm³/mol. The van der Waals surface area contributed by atoms with E-state index in [2.05, 4.69) is 18.7 Å². The summed E-state index contributed by atoms with van der Waals surface area (Å²) in [7, 11) is 3.16. The number of phenols is 1. The summed E-state index contributed by atoms with van der Waals surface area (Å²) in [6.45, 7) is 6.98. The maximum Gasteiger partial charge on any atom is 0.231 e. The number of piperidine rings is 1. The lowest BCUT2D eigenvalue weighted by Crippen LogP contribution is -2.38. The average Bonchev–Trinajstić information content (AvgIpc) is 3.05. The number of allylic oxidation sites excluding steroid dienone is 1. The number of nitrogens with zero attached hydrogens (tertiary/aromatic N) is 1. The van der Waals surface area contributed by atoms with Gasteiger partial charge >= 0.3 is 0 Å². The van der Waals surface area contributed by atoms with Gasteiger partial charge in [-0.2, -0.15) is 0 Å². The van der Waals surface area contributed by atoms with Crippen LogP contribution in [0, 0.1) is 11.8 Å². The molecule has 1 saturated heterocycles. The van der Waals surface area contributed by atoms with Crippen LogP contribution in [0.15, 0.2) is 36.1 Å². The Morgan fingerprint density at radius 1 is 1.13 bits per heavy atom. The minimum Gasteiger partial charge on any atom is -0.507 e. The Morgan fingerprint density at radius 3 is 2.55 bits per heavy atom. The molecule has 2 aliphatic rings. The summed E-state index contributed by atoms with van der Waals surface area (Å²) in [6.07, 6.45) is 2.88. The number of carbonyl (C=O) groups excluding carboxylic acids is 1. The largest absolute Gasteiger partial charge is 0.507 e. The molecular formula is C25H29NO5. The summed E-state index contributed by atoms with van der Waals surface area (Å²) < 4.78 is 16.7. The van der Waals surface area contributed by atoms with Crippen LogP contribution in [0.2, 0.25) is 0 Å². The van der Waals surface area contributed by atoms with Gasteiger partial charge in [-0.15, -0.1) is 0 Å². The zero-order valence-electron chi connectivity index (χ0n) is 18.5. The van der Waals surface area contributed by atoms with E-state index in [0.29, 0.717) is 52.3 Å². The standard InChI is InChI=1S/C25H29NO5/c1-15-9-16(2)13-26(12-15)14-20-21(27)8-7-19-24(28)23(31-25(19)20)10-17-5-6-18(29-3)11-22(17)30-4/h5-8,10-11,15-16,27H,9,12-14H2,1-4H3/t15-,16+. The first-order valence-electron chi connectivity index (χ1n) is 10.6. The molecule has 164 valence electrons. The first-order chi connectivity index (χ1) is 14.9. The highest BCUT2D eigenvalue weighted by atomic mass is 16.5. The maximum absolute atomic E-state index is 13.0. The van der Waals surface area contributed by atoms with Gasteiger partial charge in [-0.25, -0.2) is 0 Å². The van der Waals surface area contributed by atoms with Gasteiger partial charge in [0.05, 0.1) is 25.3 Å². The first kappa shape index (κ1) is 21.2. The van der Waals surface area contributed by atoms with Crippen molar-refractivity contribution in [2.24, 2.45) is 11.8 Å². The lowest BCUT2D eigenvalue weighted by atomic mass is 9.91. The molecule has 2 heterocycles. The second kappa shape index (κ2) is 8.63. The molecule has 0 saturated carbocycles. The van der Waals surface area contributed by atoms with Crippen LogP contribution in [-0.4, -0.2) is 43.1 Å². The molecule has 0 amide bonds. The highest BCUT2D eigenvalue weighted by Gasteiger charge is 2.33. The number of ketones is 1. The number of methoxy groups -OCH3 is 2. The van der Waals surface area contributed by atoms with E-state index in [1.807, 2.05) is 6.07 Å². The van der Waals surface area contributed by atoms with Gasteiger partial charge < -0.3 is 19.3 Å². The Bertz CT molecular complexity index is 1020. The summed E-state index contributed by atoms with van der Waals surface area (Å²) in [5, 5.41) is 10.6. The van der Waals surface area contributed by atoms with Crippen LogP contribution in [0.5, 0.6) is 23.0 Å². The van der Waals surface area contributed by atoms with E-state index in [9.17, 15) is 9.90 Å². The third-order valence-corrected chi connectivity index (χ3v) is 5.97. The maximum atomic E-state index is 13.0. The lowest BCUT2D eigenvalue weighted by molar-refractivity contribution is 0.101. The summed E-state index contributed by atoms with van der Waals surface area (Å²) >= 11 is 0. The first-order valence-corrected chi connectivity index (χ1v) is 10.6. The third-order valence-electron chi connectivity index (χ3n) is 5.97. The van der Waals surface area contributed by atoms with Crippen molar-refractivity contribution in [2.45, 2.75) is 26.8 Å². The van der Waals surface area contributed by atoms with Crippen LogP contribution in [0.25, 0.3) is 6.08 Å². The Balaban J connectivity index is 1.65. The fourth-order valence-corrected chi connectivity index (χ4v) is 4.67. The number of hydrogen-bond donors (Lipinski definition) is 1. The van der Waals surface area contributed by atoms with Crippen LogP contribution >= 0.6 is 0 Å². The van der Waals surface area contributed by atoms with E-state index in [-0.39, 0.29) is 17.3 Å². The van der Waals surface area contributed by atoms with Gasteiger partial charge in [-0.3, -0.25) is 9.69 Å². The summed E-state index contributed by atoms with van der Waals surface area (Å²) in [5.74, 6) is 3.07. The van der Waals surface area contributed by atoms with E-state index in [0.717, 1.165) is 13.1 Å². The number of rotatable bonds is 5. The third kappa shape index (κ3) is 4.26. The van der Waals surface area contributed by atoms with E-state index in [4.69, 9.17) is 14.2 Å².